The molecule has 1 saturated heterocycles. The lowest BCUT2D eigenvalue weighted by Crippen LogP contribution is -2.47. The molecule has 8 heteroatoms. The first-order chi connectivity index (χ1) is 18.9. The van der Waals surface area contributed by atoms with Gasteiger partial charge < -0.3 is 19.7 Å². The molecular formula is C31H37N3O5. The fraction of sp³-hybridized carbons (Fsp3) is 0.323. The number of carbonyl (C=O) groups excluding carboxylic acids is 3. The number of rotatable bonds is 8. The van der Waals surface area contributed by atoms with Crippen LogP contribution in [0.1, 0.15) is 35.3 Å². The molecule has 1 aliphatic rings. The molecule has 3 aromatic carbocycles. The number of ether oxygens (including phenoxy) is 2. The van der Waals surface area contributed by atoms with Crippen LogP contribution in [0.2, 0.25) is 0 Å². The number of benzene rings is 3. The molecule has 1 heterocycles. The maximum Gasteiger partial charge on any atom is 0.329 e. The summed E-state index contributed by atoms with van der Waals surface area (Å²) in [5.41, 5.74) is 2.82. The monoisotopic (exact) mass is 531 g/mol. The Labute approximate surface area is 230 Å². The SMILES string of the molecule is C=CC(=O)OC.COC(=O)CCN1CCN(c2cccc(C(=O)N[C@H](C)c3cccc4ccccc34)c2)CC1. The largest absolute Gasteiger partial charge is 0.469 e. The molecule has 8 nitrogen and oxygen atoms in total. The number of piperazine rings is 1. The van der Waals surface area contributed by atoms with Crippen molar-refractivity contribution in [2.45, 2.75) is 19.4 Å². The van der Waals surface area contributed by atoms with Gasteiger partial charge in [-0.3, -0.25) is 14.5 Å². The quantitative estimate of drug-likeness (QED) is 0.341. The molecule has 0 unspecified atom stereocenters. The molecule has 206 valence electrons. The summed E-state index contributed by atoms with van der Waals surface area (Å²) < 4.78 is 8.87. The second kappa shape index (κ2) is 14.7. The van der Waals surface area contributed by atoms with Crippen molar-refractivity contribution >= 4 is 34.3 Å². The Morgan fingerprint density at radius 1 is 0.949 bits per heavy atom. The van der Waals surface area contributed by atoms with E-state index in [1.54, 1.807) is 0 Å². The maximum atomic E-state index is 13.0. The first-order valence-electron chi connectivity index (χ1n) is 13.0. The van der Waals surface area contributed by atoms with Gasteiger partial charge in [0, 0.05) is 50.1 Å². The average molecular weight is 532 g/mol. The van der Waals surface area contributed by atoms with Crippen molar-refractivity contribution in [3.8, 4) is 0 Å². The normalized spacial score (nSPS) is 14.0. The molecule has 39 heavy (non-hydrogen) atoms. The number of amides is 1. The predicted octanol–water partition coefficient (Wildman–Crippen LogP) is 4.36. The van der Waals surface area contributed by atoms with E-state index < -0.39 is 5.97 Å². The number of nitrogens with zero attached hydrogens (tertiary/aromatic N) is 2. The highest BCUT2D eigenvalue weighted by Gasteiger charge is 2.19. The van der Waals surface area contributed by atoms with Crippen molar-refractivity contribution < 1.29 is 23.9 Å². The highest BCUT2D eigenvalue weighted by molar-refractivity contribution is 5.96. The van der Waals surface area contributed by atoms with Crippen LogP contribution in [0, 0.1) is 0 Å². The maximum absolute atomic E-state index is 13.0. The molecule has 1 amide bonds. The Balaban J connectivity index is 0.000000631. The third-order valence-electron chi connectivity index (χ3n) is 6.71. The van der Waals surface area contributed by atoms with Crippen LogP contribution in [0.4, 0.5) is 5.69 Å². The summed E-state index contributed by atoms with van der Waals surface area (Å²) in [5, 5.41) is 5.49. The first kappa shape index (κ1) is 29.4. The molecular weight excluding hydrogens is 494 g/mol. The zero-order valence-corrected chi connectivity index (χ0v) is 22.9. The van der Waals surface area contributed by atoms with E-state index in [1.165, 1.54) is 19.6 Å². The van der Waals surface area contributed by atoms with Crippen molar-refractivity contribution in [2.75, 3.05) is 51.8 Å². The molecule has 3 aromatic rings. The van der Waals surface area contributed by atoms with Gasteiger partial charge in [0.25, 0.3) is 5.91 Å². The molecule has 4 rings (SSSR count). The second-order valence-corrected chi connectivity index (χ2v) is 9.20. The third-order valence-corrected chi connectivity index (χ3v) is 6.71. The summed E-state index contributed by atoms with van der Waals surface area (Å²) in [6.45, 7) is 9.38. The number of methoxy groups -OCH3 is 2. The van der Waals surface area contributed by atoms with E-state index in [0.29, 0.717) is 12.0 Å². The molecule has 1 aliphatic heterocycles. The Morgan fingerprint density at radius 3 is 2.31 bits per heavy atom. The zero-order valence-electron chi connectivity index (χ0n) is 22.9. The molecule has 0 radical (unpaired) electrons. The second-order valence-electron chi connectivity index (χ2n) is 9.20. The van der Waals surface area contributed by atoms with Gasteiger partial charge in [0.15, 0.2) is 0 Å². The van der Waals surface area contributed by atoms with E-state index in [0.717, 1.165) is 55.4 Å². The van der Waals surface area contributed by atoms with Crippen molar-refractivity contribution in [2.24, 2.45) is 0 Å². The molecule has 0 spiro atoms. The number of fused-ring (bicyclic) bond motifs is 1. The minimum atomic E-state index is -0.394. The highest BCUT2D eigenvalue weighted by atomic mass is 16.5. The molecule has 0 aromatic heterocycles. The van der Waals surface area contributed by atoms with E-state index in [2.05, 4.69) is 56.8 Å². The van der Waals surface area contributed by atoms with Gasteiger partial charge in [-0.15, -0.1) is 0 Å². The standard InChI is InChI=1S/C27H31N3O3.C4H6O2/c1-20(24-12-6-8-21-7-3-4-11-25(21)24)28-27(32)22-9-5-10-23(19-22)30-17-15-29(16-18-30)14-13-26(31)33-2;1-3-4(5)6-2/h3-12,19-20H,13-18H2,1-2H3,(H,28,32);3H,1H2,2H3/t20-;/m1./s1. The molecule has 0 bridgehead atoms. The molecule has 1 atom stereocenters. The lowest BCUT2D eigenvalue weighted by atomic mass is 9.99. The van der Waals surface area contributed by atoms with Gasteiger partial charge in [0.2, 0.25) is 0 Å². The molecule has 0 aliphatic carbocycles. The van der Waals surface area contributed by atoms with Gasteiger partial charge in [-0.2, -0.15) is 0 Å². The molecule has 0 saturated carbocycles. The fourth-order valence-corrected chi connectivity index (χ4v) is 4.49. The van der Waals surface area contributed by atoms with E-state index >= 15 is 0 Å². The average Bonchev–Trinajstić information content (AvgIpc) is 2.99. The predicted molar refractivity (Wildman–Crippen MR) is 154 cm³/mol. The van der Waals surface area contributed by atoms with Crippen molar-refractivity contribution in [1.29, 1.82) is 0 Å². The van der Waals surface area contributed by atoms with Gasteiger partial charge in [0.1, 0.15) is 0 Å². The Morgan fingerprint density at radius 2 is 1.64 bits per heavy atom. The minimum absolute atomic E-state index is 0.0750. The number of hydrogen-bond acceptors (Lipinski definition) is 7. The molecule has 1 N–H and O–H groups in total. The number of hydrogen-bond donors (Lipinski definition) is 1. The van der Waals surface area contributed by atoms with E-state index in [9.17, 15) is 14.4 Å². The number of anilines is 1. The van der Waals surface area contributed by atoms with Crippen molar-refractivity contribution in [1.82, 2.24) is 10.2 Å². The van der Waals surface area contributed by atoms with Crippen molar-refractivity contribution in [3.63, 3.8) is 0 Å². The van der Waals surface area contributed by atoms with Crippen LogP contribution in [0.5, 0.6) is 0 Å². The fourth-order valence-electron chi connectivity index (χ4n) is 4.49. The van der Waals surface area contributed by atoms with Gasteiger partial charge in [-0.05, 0) is 41.5 Å². The minimum Gasteiger partial charge on any atom is -0.469 e. The lowest BCUT2D eigenvalue weighted by molar-refractivity contribution is -0.141. The summed E-state index contributed by atoms with van der Waals surface area (Å²) in [4.78, 5) is 38.8. The Bertz CT molecular complexity index is 1280. The van der Waals surface area contributed by atoms with Crippen LogP contribution < -0.4 is 10.2 Å². The van der Waals surface area contributed by atoms with Gasteiger partial charge >= 0.3 is 11.9 Å². The van der Waals surface area contributed by atoms with Crippen LogP contribution >= 0.6 is 0 Å². The van der Waals surface area contributed by atoms with Crippen LogP contribution in [0.3, 0.4) is 0 Å². The smallest absolute Gasteiger partial charge is 0.329 e. The Hall–Kier alpha value is -4.17. The highest BCUT2D eigenvalue weighted by Crippen LogP contribution is 2.25. The number of nitrogens with one attached hydrogen (secondary N) is 1. The van der Waals surface area contributed by atoms with E-state index in [1.807, 2.05) is 43.3 Å². The van der Waals surface area contributed by atoms with Crippen LogP contribution in [0.25, 0.3) is 10.8 Å². The summed E-state index contributed by atoms with van der Waals surface area (Å²) >= 11 is 0. The summed E-state index contributed by atoms with van der Waals surface area (Å²) in [5.74, 6) is -0.641. The summed E-state index contributed by atoms with van der Waals surface area (Å²) in [6, 6.07) is 22.2. The number of esters is 2. The van der Waals surface area contributed by atoms with Crippen LogP contribution in [-0.2, 0) is 19.1 Å². The van der Waals surface area contributed by atoms with E-state index in [4.69, 9.17) is 4.74 Å². The Kier molecular flexibility index (Phi) is 11.1. The van der Waals surface area contributed by atoms with Gasteiger partial charge in [-0.1, -0.05) is 55.1 Å². The summed E-state index contributed by atoms with van der Waals surface area (Å²) in [6.07, 6.45) is 1.53. The van der Waals surface area contributed by atoms with Crippen molar-refractivity contribution in [3.05, 3.63) is 90.5 Å². The lowest BCUT2D eigenvalue weighted by Gasteiger charge is -2.36. The zero-order chi connectivity index (χ0) is 28.2. The first-order valence-corrected chi connectivity index (χ1v) is 13.0. The third kappa shape index (κ3) is 8.41. The topological polar surface area (TPSA) is 88.2 Å². The van der Waals surface area contributed by atoms with Gasteiger partial charge in [-0.25, -0.2) is 4.79 Å². The summed E-state index contributed by atoms with van der Waals surface area (Å²) in [7, 11) is 2.73. The van der Waals surface area contributed by atoms with Gasteiger partial charge in [0.05, 0.1) is 26.7 Å². The van der Waals surface area contributed by atoms with E-state index in [-0.39, 0.29) is 17.9 Å². The van der Waals surface area contributed by atoms with Crippen LogP contribution in [0.15, 0.2) is 79.4 Å². The number of carbonyl (C=O) groups is 3. The molecule has 1 fully saturated rings. The van der Waals surface area contributed by atoms with Crippen LogP contribution in [-0.4, -0.2) is 69.7 Å².